The van der Waals surface area contributed by atoms with Crippen molar-refractivity contribution in [3.05, 3.63) is 41.1 Å². The van der Waals surface area contributed by atoms with Crippen LogP contribution in [0.15, 0.2) is 41.1 Å². The number of hydrogen-bond donors (Lipinski definition) is 1. The summed E-state index contributed by atoms with van der Waals surface area (Å²) in [5.41, 5.74) is 0.887. The summed E-state index contributed by atoms with van der Waals surface area (Å²) >= 11 is 3.29. The highest BCUT2D eigenvalue weighted by Crippen LogP contribution is 2.19. The molecule has 1 N–H and O–H groups in total. The van der Waals surface area contributed by atoms with Gasteiger partial charge in [0.1, 0.15) is 10.4 Å². The van der Waals surface area contributed by atoms with Gasteiger partial charge in [0.05, 0.1) is 7.11 Å². The lowest BCUT2D eigenvalue weighted by Gasteiger charge is -2.06. The van der Waals surface area contributed by atoms with E-state index in [0.29, 0.717) is 5.95 Å². The Labute approximate surface area is 102 Å². The summed E-state index contributed by atoms with van der Waals surface area (Å²) < 4.78 is 5.87. The van der Waals surface area contributed by atoms with E-state index >= 15 is 0 Å². The number of methoxy groups -OCH3 is 1. The molecule has 0 amide bonds. The number of rotatable bonds is 3. The number of hydrogen-bond acceptors (Lipinski definition) is 4. The Balaban J connectivity index is 2.20. The third-order valence-corrected chi connectivity index (χ3v) is 2.39. The molecule has 0 aliphatic rings. The van der Waals surface area contributed by atoms with Gasteiger partial charge in [-0.25, -0.2) is 9.97 Å². The molecule has 4 nitrogen and oxygen atoms in total. The molecule has 1 heterocycles. The Kier molecular flexibility index (Phi) is 3.36. The van der Waals surface area contributed by atoms with E-state index in [1.807, 2.05) is 24.3 Å². The van der Waals surface area contributed by atoms with Gasteiger partial charge in [0, 0.05) is 18.0 Å². The van der Waals surface area contributed by atoms with Crippen LogP contribution >= 0.6 is 15.9 Å². The number of ether oxygens (including phenoxy) is 1. The van der Waals surface area contributed by atoms with Crippen LogP contribution in [0.3, 0.4) is 0 Å². The molecule has 2 aromatic rings. The summed E-state index contributed by atoms with van der Waals surface area (Å²) in [4.78, 5) is 8.27. The summed E-state index contributed by atoms with van der Waals surface area (Å²) in [5.74, 6) is 1.34. The van der Waals surface area contributed by atoms with Gasteiger partial charge in [0.2, 0.25) is 5.95 Å². The first-order valence-corrected chi connectivity index (χ1v) is 5.47. The van der Waals surface area contributed by atoms with E-state index in [1.165, 1.54) is 0 Å². The van der Waals surface area contributed by atoms with Gasteiger partial charge in [-0.3, -0.25) is 0 Å². The molecule has 5 heteroatoms. The molecule has 0 atom stereocenters. The maximum Gasteiger partial charge on any atom is 0.228 e. The van der Waals surface area contributed by atoms with Crippen molar-refractivity contribution in [2.75, 3.05) is 12.4 Å². The van der Waals surface area contributed by atoms with Crippen LogP contribution in [0.1, 0.15) is 0 Å². The number of halogens is 1. The largest absolute Gasteiger partial charge is 0.497 e. The quantitative estimate of drug-likeness (QED) is 0.878. The molecule has 0 unspecified atom stereocenters. The minimum atomic E-state index is 0.544. The van der Waals surface area contributed by atoms with Crippen molar-refractivity contribution in [2.45, 2.75) is 0 Å². The van der Waals surface area contributed by atoms with Gasteiger partial charge in [-0.15, -0.1) is 0 Å². The molecule has 0 aliphatic heterocycles. The van der Waals surface area contributed by atoms with Crippen LogP contribution < -0.4 is 10.1 Å². The zero-order valence-electron chi connectivity index (χ0n) is 8.64. The molecule has 1 aromatic heterocycles. The molecule has 0 saturated heterocycles. The molecule has 82 valence electrons. The van der Waals surface area contributed by atoms with Gasteiger partial charge in [0.25, 0.3) is 0 Å². The molecule has 0 aliphatic carbocycles. The summed E-state index contributed by atoms with van der Waals surface area (Å²) in [6.45, 7) is 0. The van der Waals surface area contributed by atoms with E-state index in [0.717, 1.165) is 16.0 Å². The second-order valence-electron chi connectivity index (χ2n) is 3.06. The fourth-order valence-corrected chi connectivity index (χ4v) is 1.51. The van der Waals surface area contributed by atoms with Gasteiger partial charge in [0.15, 0.2) is 0 Å². The third-order valence-electron chi connectivity index (χ3n) is 1.95. The van der Waals surface area contributed by atoms with Crippen LogP contribution in [0, 0.1) is 0 Å². The van der Waals surface area contributed by atoms with Gasteiger partial charge in [-0.05, 0) is 34.1 Å². The Morgan fingerprint density at radius 1 is 1.31 bits per heavy atom. The first-order chi connectivity index (χ1) is 7.78. The van der Waals surface area contributed by atoms with Gasteiger partial charge in [-0.1, -0.05) is 6.07 Å². The second kappa shape index (κ2) is 4.94. The number of anilines is 2. The van der Waals surface area contributed by atoms with E-state index in [1.54, 1.807) is 19.4 Å². The van der Waals surface area contributed by atoms with Crippen molar-refractivity contribution in [3.63, 3.8) is 0 Å². The zero-order chi connectivity index (χ0) is 11.4. The van der Waals surface area contributed by atoms with Crippen LogP contribution in [0.4, 0.5) is 11.6 Å². The summed E-state index contributed by atoms with van der Waals surface area (Å²) in [7, 11) is 1.63. The standard InChI is InChI=1S/C11H10BrN3O/c1-16-9-4-2-3-8(7-9)14-11-13-6-5-10(12)15-11/h2-7H,1H3,(H,13,14,15). The first kappa shape index (κ1) is 10.9. The highest BCUT2D eigenvalue weighted by atomic mass is 79.9. The first-order valence-electron chi connectivity index (χ1n) is 4.67. The second-order valence-corrected chi connectivity index (χ2v) is 3.87. The van der Waals surface area contributed by atoms with E-state index in [-0.39, 0.29) is 0 Å². The number of aromatic nitrogens is 2. The topological polar surface area (TPSA) is 47.0 Å². The van der Waals surface area contributed by atoms with E-state index < -0.39 is 0 Å². The Hall–Kier alpha value is -1.62. The molecule has 16 heavy (non-hydrogen) atoms. The number of nitrogens with one attached hydrogen (secondary N) is 1. The van der Waals surface area contributed by atoms with Gasteiger partial charge in [-0.2, -0.15) is 0 Å². The van der Waals surface area contributed by atoms with Crippen molar-refractivity contribution < 1.29 is 4.74 Å². The highest BCUT2D eigenvalue weighted by molar-refractivity contribution is 9.10. The molecular weight excluding hydrogens is 270 g/mol. The van der Waals surface area contributed by atoms with Crippen molar-refractivity contribution in [1.29, 1.82) is 0 Å². The lowest BCUT2D eigenvalue weighted by atomic mass is 10.3. The molecule has 1 aromatic carbocycles. The van der Waals surface area contributed by atoms with Crippen LogP contribution in [0.5, 0.6) is 5.75 Å². The maximum absolute atomic E-state index is 5.13. The maximum atomic E-state index is 5.13. The smallest absolute Gasteiger partial charge is 0.228 e. The average Bonchev–Trinajstić information content (AvgIpc) is 2.29. The number of benzene rings is 1. The van der Waals surface area contributed by atoms with E-state index in [4.69, 9.17) is 4.74 Å². The Bertz CT molecular complexity index is 490. The molecule has 0 bridgehead atoms. The van der Waals surface area contributed by atoms with E-state index in [9.17, 15) is 0 Å². The minimum Gasteiger partial charge on any atom is -0.497 e. The Morgan fingerprint density at radius 2 is 2.19 bits per heavy atom. The third kappa shape index (κ3) is 2.70. The molecule has 0 fully saturated rings. The zero-order valence-corrected chi connectivity index (χ0v) is 10.2. The van der Waals surface area contributed by atoms with Crippen molar-refractivity contribution in [2.24, 2.45) is 0 Å². The lowest BCUT2D eigenvalue weighted by Crippen LogP contribution is -1.96. The fraction of sp³-hybridized carbons (Fsp3) is 0.0909. The van der Waals surface area contributed by atoms with Crippen LogP contribution in [0.25, 0.3) is 0 Å². The average molecular weight is 280 g/mol. The highest BCUT2D eigenvalue weighted by Gasteiger charge is 1.99. The van der Waals surface area contributed by atoms with Crippen molar-refractivity contribution in [3.8, 4) is 5.75 Å². The molecule has 0 saturated carbocycles. The normalized spacial score (nSPS) is 9.88. The van der Waals surface area contributed by atoms with Crippen LogP contribution in [0.2, 0.25) is 0 Å². The monoisotopic (exact) mass is 279 g/mol. The molecular formula is C11H10BrN3O. The fourth-order valence-electron chi connectivity index (χ4n) is 1.23. The van der Waals surface area contributed by atoms with E-state index in [2.05, 4.69) is 31.2 Å². The predicted octanol–water partition coefficient (Wildman–Crippen LogP) is 2.99. The molecule has 2 rings (SSSR count). The van der Waals surface area contributed by atoms with Crippen LogP contribution in [-0.2, 0) is 0 Å². The molecule has 0 spiro atoms. The van der Waals surface area contributed by atoms with Gasteiger partial charge < -0.3 is 10.1 Å². The lowest BCUT2D eigenvalue weighted by molar-refractivity contribution is 0.415. The van der Waals surface area contributed by atoms with Crippen molar-refractivity contribution in [1.82, 2.24) is 9.97 Å². The minimum absolute atomic E-state index is 0.544. The SMILES string of the molecule is COc1cccc(Nc2nccc(Br)n2)c1. The predicted molar refractivity (Wildman–Crippen MR) is 66.0 cm³/mol. The van der Waals surface area contributed by atoms with Crippen molar-refractivity contribution >= 4 is 27.6 Å². The number of nitrogens with zero attached hydrogens (tertiary/aromatic N) is 2. The van der Waals surface area contributed by atoms with Gasteiger partial charge >= 0.3 is 0 Å². The summed E-state index contributed by atoms with van der Waals surface area (Å²) in [6.07, 6.45) is 1.68. The Morgan fingerprint density at radius 3 is 2.94 bits per heavy atom. The summed E-state index contributed by atoms with van der Waals surface area (Å²) in [6, 6.07) is 9.36. The summed E-state index contributed by atoms with van der Waals surface area (Å²) in [5, 5.41) is 3.09. The van der Waals surface area contributed by atoms with Crippen LogP contribution in [-0.4, -0.2) is 17.1 Å². The molecule has 0 radical (unpaired) electrons.